The van der Waals surface area contributed by atoms with E-state index in [-0.39, 0.29) is 27.8 Å². The fourth-order valence-electron chi connectivity index (χ4n) is 5.59. The molecule has 1 saturated carbocycles. The number of hydrogen-bond acceptors (Lipinski definition) is 4. The molecule has 7 nitrogen and oxygen atoms in total. The van der Waals surface area contributed by atoms with Crippen LogP contribution >= 0.6 is 0 Å². The summed E-state index contributed by atoms with van der Waals surface area (Å²) in [5.41, 5.74) is 0.300. The molecule has 180 valence electrons. The number of amides is 1. The lowest BCUT2D eigenvalue weighted by Gasteiger charge is -2.35. The summed E-state index contributed by atoms with van der Waals surface area (Å²) in [6.45, 7) is 5.50. The Morgan fingerprint density at radius 3 is 2.33 bits per heavy atom. The van der Waals surface area contributed by atoms with Crippen molar-refractivity contribution in [2.24, 2.45) is 18.9 Å². The van der Waals surface area contributed by atoms with Gasteiger partial charge in [-0.15, -0.1) is 0 Å². The number of pyridine rings is 1. The van der Waals surface area contributed by atoms with E-state index < -0.39 is 15.5 Å². The van der Waals surface area contributed by atoms with Crippen molar-refractivity contribution < 1.29 is 13.2 Å². The van der Waals surface area contributed by atoms with E-state index in [1.807, 2.05) is 0 Å². The lowest BCUT2D eigenvalue weighted by molar-refractivity contribution is 0.0621. The predicted octanol–water partition coefficient (Wildman–Crippen LogP) is 3.61. The van der Waals surface area contributed by atoms with Crippen LogP contribution in [0.15, 0.2) is 34.1 Å². The van der Waals surface area contributed by atoms with Gasteiger partial charge in [0.1, 0.15) is 5.56 Å². The molecule has 2 heterocycles. The smallest absolute Gasteiger partial charge is 0.259 e. The van der Waals surface area contributed by atoms with Crippen molar-refractivity contribution in [2.45, 2.75) is 63.3 Å². The molecule has 1 amide bonds. The van der Waals surface area contributed by atoms with Gasteiger partial charge in [-0.05, 0) is 49.3 Å². The summed E-state index contributed by atoms with van der Waals surface area (Å²) in [5.74, 6) is 0.492. The van der Waals surface area contributed by atoms with E-state index >= 15 is 0 Å². The highest BCUT2D eigenvalue weighted by Gasteiger charge is 2.31. The van der Waals surface area contributed by atoms with Crippen LogP contribution < -0.4 is 5.43 Å². The number of nitrogens with zero attached hydrogens (tertiary/aromatic N) is 3. The van der Waals surface area contributed by atoms with E-state index in [9.17, 15) is 18.0 Å². The monoisotopic (exact) mass is 473 g/mol. The minimum Gasteiger partial charge on any atom is -0.350 e. The standard InChI is InChI=1S/C25H35N3O4S/c1-17-12-18(2)15-28(14-17)25(30)22-16-26(3)23-11-10-20(13-21(23)24(22)29)33(31,32)27(4)19-8-6-5-7-9-19/h10-11,13,16-19H,5-9,12,14-15H2,1-4H3/t17-,18+. The molecule has 33 heavy (non-hydrogen) atoms. The van der Waals surface area contributed by atoms with Gasteiger partial charge in [0.15, 0.2) is 0 Å². The first-order valence-electron chi connectivity index (χ1n) is 12.0. The quantitative estimate of drug-likeness (QED) is 0.680. The Balaban J connectivity index is 1.73. The summed E-state index contributed by atoms with van der Waals surface area (Å²) in [6.07, 6.45) is 7.56. The summed E-state index contributed by atoms with van der Waals surface area (Å²) in [7, 11) is -0.327. The molecule has 0 radical (unpaired) electrons. The molecular formula is C25H35N3O4S. The van der Waals surface area contributed by atoms with Gasteiger partial charge in [0, 0.05) is 44.8 Å². The third kappa shape index (κ3) is 4.60. The van der Waals surface area contributed by atoms with E-state index in [1.54, 1.807) is 41.9 Å². The maximum Gasteiger partial charge on any atom is 0.259 e. The van der Waals surface area contributed by atoms with E-state index in [0.29, 0.717) is 30.4 Å². The largest absolute Gasteiger partial charge is 0.350 e. The number of hydrogen-bond donors (Lipinski definition) is 0. The third-order valence-corrected chi connectivity index (χ3v) is 9.22. The Hall–Kier alpha value is -2.19. The van der Waals surface area contributed by atoms with Crippen molar-refractivity contribution in [2.75, 3.05) is 20.1 Å². The normalized spacial score (nSPS) is 22.8. The van der Waals surface area contributed by atoms with Crippen LogP contribution in [-0.4, -0.2) is 54.3 Å². The Labute approximate surface area is 196 Å². The summed E-state index contributed by atoms with van der Waals surface area (Å²) >= 11 is 0. The minimum absolute atomic E-state index is 0.0155. The third-order valence-electron chi connectivity index (χ3n) is 7.31. The molecule has 2 fully saturated rings. The number of aryl methyl sites for hydroxylation is 1. The SMILES string of the molecule is C[C@@H]1C[C@H](C)CN(C(=O)c2cn(C)c3ccc(S(=O)(=O)N(C)C4CCCCC4)cc3c2=O)C1. The van der Waals surface area contributed by atoms with Gasteiger partial charge in [-0.1, -0.05) is 33.1 Å². The van der Waals surface area contributed by atoms with Crippen LogP contribution in [0, 0.1) is 11.8 Å². The number of sulfonamides is 1. The first-order valence-corrected chi connectivity index (χ1v) is 13.4. The fourth-order valence-corrected chi connectivity index (χ4v) is 7.03. The van der Waals surface area contributed by atoms with Crippen molar-refractivity contribution in [1.82, 2.24) is 13.8 Å². The molecule has 1 aliphatic carbocycles. The molecule has 1 aliphatic heterocycles. The van der Waals surface area contributed by atoms with Gasteiger partial charge >= 0.3 is 0 Å². The van der Waals surface area contributed by atoms with Crippen molar-refractivity contribution in [3.63, 3.8) is 0 Å². The first kappa shape index (κ1) is 24.0. The Morgan fingerprint density at radius 2 is 1.70 bits per heavy atom. The summed E-state index contributed by atoms with van der Waals surface area (Å²) in [6, 6.07) is 4.66. The molecule has 1 aromatic heterocycles. The van der Waals surface area contributed by atoms with E-state index in [0.717, 1.165) is 38.5 Å². The summed E-state index contributed by atoms with van der Waals surface area (Å²) in [4.78, 5) is 28.6. The number of piperidine rings is 1. The molecule has 0 bridgehead atoms. The number of carbonyl (C=O) groups is 1. The van der Waals surface area contributed by atoms with Crippen LogP contribution in [0.3, 0.4) is 0 Å². The summed E-state index contributed by atoms with van der Waals surface area (Å²) in [5, 5.41) is 0.263. The van der Waals surface area contributed by atoms with Crippen molar-refractivity contribution in [3.05, 3.63) is 40.2 Å². The van der Waals surface area contributed by atoms with Crippen LogP contribution in [0.25, 0.3) is 10.9 Å². The topological polar surface area (TPSA) is 79.7 Å². The minimum atomic E-state index is -3.74. The number of rotatable bonds is 4. The van der Waals surface area contributed by atoms with Crippen LogP contribution in [-0.2, 0) is 17.1 Å². The second kappa shape index (κ2) is 9.22. The maximum atomic E-state index is 13.4. The van der Waals surface area contributed by atoms with Gasteiger partial charge in [0.2, 0.25) is 15.5 Å². The van der Waals surface area contributed by atoms with E-state index in [1.165, 1.54) is 10.4 Å². The first-order chi connectivity index (χ1) is 15.6. The number of aromatic nitrogens is 1. The van der Waals surface area contributed by atoms with Gasteiger partial charge in [0.05, 0.1) is 10.4 Å². The molecule has 0 unspecified atom stereocenters. The molecule has 1 saturated heterocycles. The molecule has 2 aliphatic rings. The zero-order valence-electron chi connectivity index (χ0n) is 20.1. The van der Waals surface area contributed by atoms with E-state index in [2.05, 4.69) is 13.8 Å². The van der Waals surface area contributed by atoms with Gasteiger partial charge < -0.3 is 9.47 Å². The van der Waals surface area contributed by atoms with Crippen LogP contribution in [0.2, 0.25) is 0 Å². The number of benzene rings is 1. The average molecular weight is 474 g/mol. The van der Waals surface area contributed by atoms with Gasteiger partial charge in [-0.3, -0.25) is 9.59 Å². The Bertz CT molecular complexity index is 1200. The maximum absolute atomic E-state index is 13.4. The highest BCUT2D eigenvalue weighted by molar-refractivity contribution is 7.89. The van der Waals surface area contributed by atoms with Gasteiger partial charge in [0.25, 0.3) is 5.91 Å². The van der Waals surface area contributed by atoms with Crippen LogP contribution in [0.1, 0.15) is 62.7 Å². The molecular weight excluding hydrogens is 438 g/mol. The van der Waals surface area contributed by atoms with Crippen LogP contribution in [0.5, 0.6) is 0 Å². The summed E-state index contributed by atoms with van der Waals surface area (Å²) < 4.78 is 29.9. The van der Waals surface area contributed by atoms with E-state index in [4.69, 9.17) is 0 Å². The van der Waals surface area contributed by atoms with Crippen molar-refractivity contribution >= 4 is 26.8 Å². The molecule has 0 spiro atoms. The molecule has 8 heteroatoms. The zero-order valence-corrected chi connectivity index (χ0v) is 20.9. The number of likely N-dealkylation sites (tertiary alicyclic amines) is 1. The zero-order chi connectivity index (χ0) is 23.9. The lowest BCUT2D eigenvalue weighted by Crippen LogP contribution is -2.44. The molecule has 4 rings (SSSR count). The lowest BCUT2D eigenvalue weighted by atomic mass is 9.91. The molecule has 2 atom stereocenters. The average Bonchev–Trinajstić information content (AvgIpc) is 2.80. The molecule has 0 N–H and O–H groups in total. The predicted molar refractivity (Wildman–Crippen MR) is 130 cm³/mol. The Morgan fingerprint density at radius 1 is 1.06 bits per heavy atom. The van der Waals surface area contributed by atoms with Crippen molar-refractivity contribution in [1.29, 1.82) is 0 Å². The number of carbonyl (C=O) groups excluding carboxylic acids is 1. The van der Waals surface area contributed by atoms with Crippen LogP contribution in [0.4, 0.5) is 0 Å². The molecule has 2 aromatic rings. The van der Waals surface area contributed by atoms with Crippen molar-refractivity contribution in [3.8, 4) is 0 Å². The highest BCUT2D eigenvalue weighted by atomic mass is 32.2. The Kier molecular flexibility index (Phi) is 6.69. The van der Waals surface area contributed by atoms with Gasteiger partial charge in [-0.25, -0.2) is 8.42 Å². The fraction of sp³-hybridized carbons (Fsp3) is 0.600. The second-order valence-corrected chi connectivity index (χ2v) is 12.1. The second-order valence-electron chi connectivity index (χ2n) is 10.1. The highest BCUT2D eigenvalue weighted by Crippen LogP contribution is 2.28. The van der Waals surface area contributed by atoms with Gasteiger partial charge in [-0.2, -0.15) is 4.31 Å². The molecule has 1 aromatic carbocycles. The number of fused-ring (bicyclic) bond motifs is 1.